The maximum Gasteiger partial charge on any atom is 0.245 e. The maximum absolute atomic E-state index is 14.8. The van der Waals surface area contributed by atoms with Crippen molar-refractivity contribution in [1.29, 1.82) is 0 Å². The number of likely N-dealkylation sites (N-methyl/N-ethyl adjacent to an activating group) is 1. The van der Waals surface area contributed by atoms with Gasteiger partial charge in [0, 0.05) is 65.2 Å². The summed E-state index contributed by atoms with van der Waals surface area (Å²) in [7, 11) is 1.70. The van der Waals surface area contributed by atoms with Gasteiger partial charge in [-0.1, -0.05) is 27.7 Å². The molecule has 2 fully saturated rings. The number of benzene rings is 2. The molecule has 0 bridgehead atoms. The largest absolute Gasteiger partial charge is 0.391 e. The number of halogens is 2. The SMILES string of the molecule is CC[C@H](CC(=O)[C@H](C)NC)C(=O)N1C[C@@H](O)CC1Cc1c(-c2[nH]c3cc(F)ccc3c2CC2C[C@H](O)CN2C(=O)[C@H](CC)NC(=O)[C@H](C)CC)[nH]c2cc(F)ccc12. The van der Waals surface area contributed by atoms with E-state index in [2.05, 4.69) is 20.6 Å². The fourth-order valence-corrected chi connectivity index (χ4v) is 8.75. The number of aromatic amines is 2. The van der Waals surface area contributed by atoms with Gasteiger partial charge in [-0.15, -0.1) is 0 Å². The zero-order valence-electron chi connectivity index (χ0n) is 34.3. The number of aliphatic hydroxyl groups is 2. The van der Waals surface area contributed by atoms with Gasteiger partial charge in [0.05, 0.1) is 29.6 Å². The molecule has 314 valence electrons. The first-order valence-electron chi connectivity index (χ1n) is 20.8. The summed E-state index contributed by atoms with van der Waals surface area (Å²) >= 11 is 0. The average Bonchev–Trinajstić information content (AvgIpc) is 3.96. The number of hydrogen-bond donors (Lipinski definition) is 6. The van der Waals surface area contributed by atoms with Gasteiger partial charge in [-0.25, -0.2) is 8.78 Å². The third-order valence-corrected chi connectivity index (χ3v) is 12.5. The predicted octanol–water partition coefficient (Wildman–Crippen LogP) is 5.14. The van der Waals surface area contributed by atoms with Crippen molar-refractivity contribution in [3.63, 3.8) is 0 Å². The molecular formula is C44H58F2N6O6. The molecule has 2 saturated heterocycles. The van der Waals surface area contributed by atoms with Gasteiger partial charge in [-0.05, 0) is 106 Å². The Kier molecular flexibility index (Phi) is 13.4. The summed E-state index contributed by atoms with van der Waals surface area (Å²) in [5.41, 5.74) is 3.70. The van der Waals surface area contributed by atoms with Crippen molar-refractivity contribution < 1.29 is 38.2 Å². The highest BCUT2D eigenvalue weighted by Gasteiger charge is 2.41. The highest BCUT2D eigenvalue weighted by atomic mass is 19.1. The quantitative estimate of drug-likeness (QED) is 0.0912. The van der Waals surface area contributed by atoms with Crippen LogP contribution in [-0.2, 0) is 32.0 Å². The lowest BCUT2D eigenvalue weighted by Crippen LogP contribution is -2.51. The lowest BCUT2D eigenvalue weighted by Gasteiger charge is -2.30. The summed E-state index contributed by atoms with van der Waals surface area (Å²) in [4.78, 5) is 64.1. The molecule has 12 nitrogen and oxygen atoms in total. The molecule has 6 rings (SSSR count). The van der Waals surface area contributed by atoms with Crippen LogP contribution in [0, 0.1) is 23.5 Å². The molecule has 3 amide bonds. The third-order valence-electron chi connectivity index (χ3n) is 12.5. The molecule has 2 unspecified atom stereocenters. The lowest BCUT2D eigenvalue weighted by molar-refractivity contribution is -0.139. The number of nitrogens with one attached hydrogen (secondary N) is 4. The zero-order chi connectivity index (χ0) is 42.0. The number of amides is 3. The zero-order valence-corrected chi connectivity index (χ0v) is 34.3. The molecule has 4 aromatic rings. The first-order chi connectivity index (χ1) is 27.7. The van der Waals surface area contributed by atoms with E-state index in [9.17, 15) is 38.2 Å². The molecule has 14 heteroatoms. The summed E-state index contributed by atoms with van der Waals surface area (Å²) in [6, 6.07) is 6.78. The number of carbonyl (C=O) groups is 4. The van der Waals surface area contributed by atoms with Crippen molar-refractivity contribution in [3.8, 4) is 11.4 Å². The number of nitrogens with zero attached hydrogens (tertiary/aromatic N) is 2. The molecule has 6 N–H and O–H groups in total. The van der Waals surface area contributed by atoms with Crippen molar-refractivity contribution in [2.45, 2.75) is 122 Å². The molecule has 0 saturated carbocycles. The minimum atomic E-state index is -0.796. The van der Waals surface area contributed by atoms with Crippen LogP contribution < -0.4 is 10.6 Å². The van der Waals surface area contributed by atoms with E-state index in [0.717, 1.165) is 11.1 Å². The number of likely N-dealkylation sites (tertiary alicyclic amines) is 2. The van der Waals surface area contributed by atoms with E-state index < -0.39 is 53.9 Å². The Morgan fingerprint density at radius 2 is 1.28 bits per heavy atom. The Morgan fingerprint density at radius 1 is 0.776 bits per heavy atom. The summed E-state index contributed by atoms with van der Waals surface area (Å²) in [6.07, 6.45) is 1.07. The molecule has 0 aliphatic carbocycles. The average molecular weight is 805 g/mol. The molecule has 0 spiro atoms. The van der Waals surface area contributed by atoms with Crippen molar-refractivity contribution in [2.24, 2.45) is 11.8 Å². The van der Waals surface area contributed by atoms with Gasteiger partial charge in [0.25, 0.3) is 0 Å². The number of hydrogen-bond acceptors (Lipinski definition) is 7. The summed E-state index contributed by atoms with van der Waals surface area (Å²) in [5, 5.41) is 29.2. The van der Waals surface area contributed by atoms with Crippen LogP contribution in [0.4, 0.5) is 8.78 Å². The molecule has 2 aromatic carbocycles. The maximum atomic E-state index is 14.8. The van der Waals surface area contributed by atoms with E-state index in [-0.39, 0.29) is 68.2 Å². The number of Topliss-reactive ketones (excluding diaryl/α,β-unsaturated/α-hetero) is 1. The van der Waals surface area contributed by atoms with Crippen LogP contribution in [0.3, 0.4) is 0 Å². The van der Waals surface area contributed by atoms with Crippen LogP contribution in [0.25, 0.3) is 33.2 Å². The van der Waals surface area contributed by atoms with Gasteiger partial charge >= 0.3 is 0 Å². The third kappa shape index (κ3) is 8.84. The molecule has 4 heterocycles. The molecule has 2 aromatic heterocycles. The molecule has 2 aliphatic heterocycles. The van der Waals surface area contributed by atoms with Crippen LogP contribution in [0.1, 0.15) is 84.3 Å². The number of fused-ring (bicyclic) bond motifs is 2. The smallest absolute Gasteiger partial charge is 0.245 e. The first-order valence-corrected chi connectivity index (χ1v) is 20.8. The van der Waals surface area contributed by atoms with Crippen molar-refractivity contribution >= 4 is 45.3 Å². The van der Waals surface area contributed by atoms with E-state index in [0.29, 0.717) is 58.9 Å². The number of aromatic nitrogens is 2. The molecule has 0 radical (unpaired) electrons. The fourth-order valence-electron chi connectivity index (χ4n) is 8.75. The van der Waals surface area contributed by atoms with Crippen LogP contribution in [0.5, 0.6) is 0 Å². The molecular weight excluding hydrogens is 747 g/mol. The van der Waals surface area contributed by atoms with Crippen molar-refractivity contribution in [2.75, 3.05) is 20.1 Å². The second kappa shape index (κ2) is 18.1. The summed E-state index contributed by atoms with van der Waals surface area (Å²) < 4.78 is 29.6. The van der Waals surface area contributed by atoms with E-state index >= 15 is 0 Å². The molecule has 58 heavy (non-hydrogen) atoms. The van der Waals surface area contributed by atoms with Gasteiger partial charge < -0.3 is 40.6 Å². The van der Waals surface area contributed by atoms with Gasteiger partial charge in [-0.3, -0.25) is 19.2 Å². The van der Waals surface area contributed by atoms with E-state index in [1.807, 2.05) is 27.7 Å². The Balaban J connectivity index is 1.40. The number of rotatable bonds is 16. The molecule has 8 atom stereocenters. The molecule has 2 aliphatic rings. The second-order valence-corrected chi connectivity index (χ2v) is 16.4. The fraction of sp³-hybridized carbons (Fsp3) is 0.545. The number of carbonyl (C=O) groups excluding carboxylic acids is 4. The Bertz CT molecular complexity index is 2000. The standard InChI is InChI=1S/C44H58F2N6O6/c1-7-23(4)42(56)50-36(9-3)44(58)52-22-31(54)18-29(52)20-35-33-13-11-27(46)16-38(33)49-41(35)40-34(32-12-10-26(45)15-37(32)48-40)19-28-17-30(53)21-51(28)43(57)25(8-2)14-39(55)24(5)47-6/h10-13,15-16,23-25,28-31,36,47-49,53-54H,7-9,14,17-22H2,1-6H3,(H,50,56)/t23-,24+,25-,28?,29?,30+,31+,36+/m1/s1. The van der Waals surface area contributed by atoms with Gasteiger partial charge in [0.15, 0.2) is 0 Å². The number of ketones is 1. The van der Waals surface area contributed by atoms with Crippen molar-refractivity contribution in [1.82, 2.24) is 30.4 Å². The predicted molar refractivity (Wildman–Crippen MR) is 219 cm³/mol. The van der Waals surface area contributed by atoms with Gasteiger partial charge in [0.1, 0.15) is 23.5 Å². The van der Waals surface area contributed by atoms with E-state index in [1.54, 1.807) is 35.9 Å². The summed E-state index contributed by atoms with van der Waals surface area (Å²) in [5.74, 6) is -2.51. The summed E-state index contributed by atoms with van der Waals surface area (Å²) in [6.45, 7) is 9.39. The van der Waals surface area contributed by atoms with E-state index in [4.69, 9.17) is 0 Å². The van der Waals surface area contributed by atoms with Crippen LogP contribution in [-0.4, -0.2) is 110 Å². The second-order valence-electron chi connectivity index (χ2n) is 16.4. The number of aliphatic hydroxyl groups excluding tert-OH is 2. The topological polar surface area (TPSA) is 171 Å². The minimum absolute atomic E-state index is 0.0705. The number of H-pyrrole nitrogens is 2. The van der Waals surface area contributed by atoms with Crippen LogP contribution >= 0.6 is 0 Å². The minimum Gasteiger partial charge on any atom is -0.391 e. The lowest BCUT2D eigenvalue weighted by atomic mass is 9.93. The highest BCUT2D eigenvalue weighted by molar-refractivity contribution is 5.97. The normalized spacial score (nSPS) is 21.8. The number of β-amino-alcohol motifs (C(OH)–C–C–N with tert-alkyl or cyclic N) is 2. The van der Waals surface area contributed by atoms with E-state index in [1.165, 1.54) is 24.3 Å². The van der Waals surface area contributed by atoms with Crippen molar-refractivity contribution in [3.05, 3.63) is 59.2 Å². The van der Waals surface area contributed by atoms with Crippen LogP contribution in [0.15, 0.2) is 36.4 Å². The Morgan fingerprint density at radius 3 is 1.72 bits per heavy atom. The van der Waals surface area contributed by atoms with Crippen LogP contribution in [0.2, 0.25) is 0 Å². The Labute approximate surface area is 338 Å². The Hall–Kier alpha value is -4.66. The highest BCUT2D eigenvalue weighted by Crippen LogP contribution is 2.40. The monoisotopic (exact) mass is 804 g/mol. The first kappa shape index (κ1) is 42.9. The van der Waals surface area contributed by atoms with Gasteiger partial charge in [0.2, 0.25) is 17.7 Å². The van der Waals surface area contributed by atoms with Gasteiger partial charge in [-0.2, -0.15) is 0 Å².